The van der Waals surface area contributed by atoms with E-state index in [-0.39, 0.29) is 36.6 Å². The molecule has 1 saturated heterocycles. The molecule has 2 aromatic heterocycles. The van der Waals surface area contributed by atoms with Gasteiger partial charge in [-0.2, -0.15) is 9.97 Å². The summed E-state index contributed by atoms with van der Waals surface area (Å²) in [6.45, 7) is 7.65. The highest BCUT2D eigenvalue weighted by Crippen LogP contribution is 2.36. The fourth-order valence-electron chi connectivity index (χ4n) is 2.72. The molecule has 27 heavy (non-hydrogen) atoms. The zero-order chi connectivity index (χ0) is 19.8. The Morgan fingerprint density at radius 1 is 1.26 bits per heavy atom. The average Bonchev–Trinajstić information content (AvgIpc) is 3.11. The van der Waals surface area contributed by atoms with Gasteiger partial charge in [-0.05, 0) is 27.7 Å². The van der Waals surface area contributed by atoms with Crippen LogP contribution in [-0.4, -0.2) is 44.8 Å². The van der Waals surface area contributed by atoms with Gasteiger partial charge in [-0.25, -0.2) is 13.4 Å². The molecule has 0 bridgehead atoms. The Labute approximate surface area is 155 Å². The van der Waals surface area contributed by atoms with E-state index in [0.29, 0.717) is 23.2 Å². The number of aromatic nitrogens is 4. The van der Waals surface area contributed by atoms with Crippen LogP contribution < -0.4 is 21.3 Å². The lowest BCUT2D eigenvalue weighted by atomic mass is 10.1. The van der Waals surface area contributed by atoms with E-state index in [9.17, 15) is 8.78 Å². The van der Waals surface area contributed by atoms with Crippen molar-refractivity contribution >= 4 is 23.3 Å². The minimum absolute atomic E-state index is 0.176. The topological polar surface area (TPSA) is 118 Å². The van der Waals surface area contributed by atoms with Crippen molar-refractivity contribution in [1.82, 2.24) is 20.3 Å². The molecule has 0 radical (unpaired) electrons. The van der Waals surface area contributed by atoms with Gasteiger partial charge in [0.2, 0.25) is 5.95 Å². The highest BCUT2D eigenvalue weighted by atomic mass is 19.3. The normalized spacial score (nSPS) is 16.6. The van der Waals surface area contributed by atoms with E-state index in [4.69, 9.17) is 5.73 Å². The van der Waals surface area contributed by atoms with Gasteiger partial charge in [0.1, 0.15) is 17.1 Å². The first-order chi connectivity index (χ1) is 12.5. The van der Waals surface area contributed by atoms with Crippen LogP contribution in [0.25, 0.3) is 0 Å². The van der Waals surface area contributed by atoms with Crippen LogP contribution in [0, 0.1) is 6.92 Å². The third-order valence-corrected chi connectivity index (χ3v) is 4.05. The lowest BCUT2D eigenvalue weighted by Crippen LogP contribution is -2.30. The number of nitrogens with zero attached hydrogens (tertiary/aromatic N) is 5. The Hall–Kier alpha value is -2.72. The Kier molecular flexibility index (Phi) is 4.79. The van der Waals surface area contributed by atoms with Crippen LogP contribution in [0.5, 0.6) is 0 Å². The maximum atomic E-state index is 13.7. The monoisotopic (exact) mass is 382 g/mol. The van der Waals surface area contributed by atoms with Crippen LogP contribution in [0.3, 0.4) is 0 Å². The molecule has 3 heterocycles. The summed E-state index contributed by atoms with van der Waals surface area (Å²) in [6.07, 6.45) is -0.231. The number of anilines is 4. The van der Waals surface area contributed by atoms with E-state index in [2.05, 4.69) is 35.5 Å². The Balaban J connectivity index is 1.92. The van der Waals surface area contributed by atoms with E-state index in [1.54, 1.807) is 6.92 Å². The maximum Gasteiger partial charge on any atom is 0.266 e. The summed E-state index contributed by atoms with van der Waals surface area (Å²) in [5, 5.41) is 13.8. The number of rotatable bonds is 5. The molecule has 0 saturated carbocycles. The number of nitrogen functional groups attached to an aromatic ring is 1. The highest BCUT2D eigenvalue weighted by molar-refractivity contribution is 5.77. The number of aryl methyl sites for hydroxylation is 1. The van der Waals surface area contributed by atoms with Crippen molar-refractivity contribution in [3.63, 3.8) is 0 Å². The number of nitrogens with one attached hydrogen (secondary N) is 2. The van der Waals surface area contributed by atoms with Crippen molar-refractivity contribution < 1.29 is 13.4 Å². The number of halogens is 2. The molecule has 4 N–H and O–H groups in total. The molecule has 0 atom stereocenters. The van der Waals surface area contributed by atoms with Crippen LogP contribution in [0.2, 0.25) is 0 Å². The van der Waals surface area contributed by atoms with E-state index in [1.807, 2.05) is 20.8 Å². The zero-order valence-electron chi connectivity index (χ0n) is 15.8. The summed E-state index contributed by atoms with van der Waals surface area (Å²) in [4.78, 5) is 10.3. The first-order valence-corrected chi connectivity index (χ1v) is 8.64. The van der Waals surface area contributed by atoms with Gasteiger partial charge < -0.3 is 21.3 Å². The van der Waals surface area contributed by atoms with Gasteiger partial charge in [0.05, 0.1) is 13.1 Å². The predicted molar refractivity (Wildman–Crippen MR) is 98.0 cm³/mol. The van der Waals surface area contributed by atoms with Crippen molar-refractivity contribution in [1.29, 1.82) is 0 Å². The van der Waals surface area contributed by atoms with Crippen LogP contribution in [0.1, 0.15) is 38.6 Å². The van der Waals surface area contributed by atoms with E-state index >= 15 is 0 Å². The summed E-state index contributed by atoms with van der Waals surface area (Å²) in [5.74, 6) is -1.83. The van der Waals surface area contributed by atoms with Gasteiger partial charge in [0.15, 0.2) is 11.6 Å². The van der Waals surface area contributed by atoms with Gasteiger partial charge in [-0.3, -0.25) is 0 Å². The Morgan fingerprint density at radius 2 is 2.00 bits per heavy atom. The van der Waals surface area contributed by atoms with Crippen molar-refractivity contribution in [3.8, 4) is 0 Å². The van der Waals surface area contributed by atoms with Crippen molar-refractivity contribution in [3.05, 3.63) is 11.4 Å². The van der Waals surface area contributed by atoms with Gasteiger partial charge >= 0.3 is 0 Å². The minimum atomic E-state index is -2.76. The van der Waals surface area contributed by atoms with Crippen molar-refractivity contribution in [2.75, 3.05) is 34.4 Å². The Morgan fingerprint density at radius 3 is 2.56 bits per heavy atom. The molecular weight excluding hydrogens is 358 g/mol. The molecule has 0 spiro atoms. The van der Waals surface area contributed by atoms with Crippen molar-refractivity contribution in [2.45, 2.75) is 52.1 Å². The second kappa shape index (κ2) is 6.78. The standard InChI is InChI=1S/C16H24F2N8O/c1-9-10(25-27-24-9)7-20-12-11(19)13(26-6-5-16(17,18)8-26)22-14(21-12)23-15(2,3)4/h5-8,19H2,1-4H3,(H2,20,21,22,23). The maximum absolute atomic E-state index is 13.7. The fraction of sp³-hybridized carbons (Fsp3) is 0.625. The summed E-state index contributed by atoms with van der Waals surface area (Å²) in [6, 6.07) is 0. The summed E-state index contributed by atoms with van der Waals surface area (Å²) < 4.78 is 32.0. The average molecular weight is 382 g/mol. The lowest BCUT2D eigenvalue weighted by Gasteiger charge is -2.25. The Bertz CT molecular complexity index is 817. The molecule has 3 rings (SSSR count). The lowest BCUT2D eigenvalue weighted by molar-refractivity contribution is 0.0257. The predicted octanol–water partition coefficient (Wildman–Crippen LogP) is 2.42. The first-order valence-electron chi connectivity index (χ1n) is 8.64. The third kappa shape index (κ3) is 4.52. The minimum Gasteiger partial charge on any atom is -0.393 e. The molecule has 11 heteroatoms. The number of hydrogen-bond donors (Lipinski definition) is 3. The molecule has 9 nitrogen and oxygen atoms in total. The highest BCUT2D eigenvalue weighted by Gasteiger charge is 2.40. The van der Waals surface area contributed by atoms with E-state index < -0.39 is 12.5 Å². The third-order valence-electron chi connectivity index (χ3n) is 4.05. The number of nitrogens with two attached hydrogens (primary N) is 1. The zero-order valence-corrected chi connectivity index (χ0v) is 15.8. The van der Waals surface area contributed by atoms with Gasteiger partial charge in [0.25, 0.3) is 5.92 Å². The molecule has 0 aliphatic carbocycles. The van der Waals surface area contributed by atoms with Crippen LogP contribution in [0.15, 0.2) is 4.63 Å². The largest absolute Gasteiger partial charge is 0.393 e. The molecule has 1 aliphatic heterocycles. The van der Waals surface area contributed by atoms with Crippen LogP contribution in [0.4, 0.5) is 32.1 Å². The molecule has 1 aliphatic rings. The molecule has 0 unspecified atom stereocenters. The summed E-state index contributed by atoms with van der Waals surface area (Å²) in [5.41, 5.74) is 7.34. The second-order valence-electron chi connectivity index (χ2n) is 7.69. The van der Waals surface area contributed by atoms with Gasteiger partial charge in [-0.1, -0.05) is 10.3 Å². The number of hydrogen-bond acceptors (Lipinski definition) is 9. The van der Waals surface area contributed by atoms with Crippen molar-refractivity contribution in [2.24, 2.45) is 0 Å². The molecule has 148 valence electrons. The van der Waals surface area contributed by atoms with Crippen LogP contribution >= 0.6 is 0 Å². The quantitative estimate of drug-likeness (QED) is 0.716. The molecular formula is C16H24F2N8O. The molecule has 1 fully saturated rings. The van der Waals surface area contributed by atoms with E-state index in [0.717, 1.165) is 0 Å². The second-order valence-corrected chi connectivity index (χ2v) is 7.69. The summed E-state index contributed by atoms with van der Waals surface area (Å²) >= 11 is 0. The smallest absolute Gasteiger partial charge is 0.266 e. The van der Waals surface area contributed by atoms with E-state index in [1.165, 1.54) is 4.90 Å². The number of alkyl halides is 2. The van der Waals surface area contributed by atoms with Gasteiger partial charge in [0, 0.05) is 18.5 Å². The summed E-state index contributed by atoms with van der Waals surface area (Å²) in [7, 11) is 0. The van der Waals surface area contributed by atoms with Crippen LogP contribution in [-0.2, 0) is 6.54 Å². The first kappa shape index (κ1) is 19.1. The SMILES string of the molecule is Cc1nonc1CNc1nc(NC(C)(C)C)nc(N2CCC(F)(F)C2)c1N. The molecule has 2 aromatic rings. The molecule has 0 amide bonds. The van der Waals surface area contributed by atoms with Gasteiger partial charge in [-0.15, -0.1) is 0 Å². The molecule has 0 aromatic carbocycles. The fourth-order valence-corrected chi connectivity index (χ4v) is 2.72.